The van der Waals surface area contributed by atoms with Gasteiger partial charge in [0.2, 0.25) is 0 Å². The SMILES string of the molecule is CCc1ccc(CN(C)CC(=O)NNC(=O)COc2ccc(Cl)cc2)cc1. The number of rotatable bonds is 8. The number of hydrazine groups is 1. The number of ether oxygens (including phenoxy) is 1. The zero-order chi connectivity index (χ0) is 19.6. The molecule has 0 aliphatic rings. The monoisotopic (exact) mass is 389 g/mol. The van der Waals surface area contributed by atoms with E-state index in [9.17, 15) is 9.59 Å². The first kappa shape index (κ1) is 20.7. The van der Waals surface area contributed by atoms with E-state index in [0.29, 0.717) is 17.3 Å². The minimum absolute atomic E-state index is 0.161. The highest BCUT2D eigenvalue weighted by molar-refractivity contribution is 6.30. The second kappa shape index (κ2) is 10.5. The van der Waals surface area contributed by atoms with Crippen molar-refractivity contribution in [3.05, 3.63) is 64.7 Å². The summed E-state index contributed by atoms with van der Waals surface area (Å²) in [6.45, 7) is 2.71. The number of halogens is 1. The van der Waals surface area contributed by atoms with Crippen molar-refractivity contribution in [1.29, 1.82) is 0 Å². The molecule has 0 bridgehead atoms. The van der Waals surface area contributed by atoms with E-state index in [1.165, 1.54) is 5.56 Å². The molecule has 0 aliphatic carbocycles. The highest BCUT2D eigenvalue weighted by Crippen LogP contribution is 2.15. The molecule has 144 valence electrons. The number of aryl methyl sites for hydroxylation is 1. The average molecular weight is 390 g/mol. The average Bonchev–Trinajstić information content (AvgIpc) is 2.66. The number of hydrogen-bond donors (Lipinski definition) is 2. The number of likely N-dealkylation sites (N-methyl/N-ethyl adjacent to an activating group) is 1. The van der Waals surface area contributed by atoms with Crippen LogP contribution in [-0.2, 0) is 22.6 Å². The molecule has 0 aromatic heterocycles. The van der Waals surface area contributed by atoms with Gasteiger partial charge < -0.3 is 4.74 Å². The molecule has 0 fully saturated rings. The highest BCUT2D eigenvalue weighted by Gasteiger charge is 2.09. The van der Waals surface area contributed by atoms with E-state index >= 15 is 0 Å². The van der Waals surface area contributed by atoms with Crippen LogP contribution < -0.4 is 15.6 Å². The lowest BCUT2D eigenvalue weighted by Crippen LogP contribution is -2.47. The van der Waals surface area contributed by atoms with E-state index in [2.05, 4.69) is 42.0 Å². The van der Waals surface area contributed by atoms with Crippen LogP contribution in [0.2, 0.25) is 5.02 Å². The normalized spacial score (nSPS) is 10.5. The maximum Gasteiger partial charge on any atom is 0.276 e. The fourth-order valence-electron chi connectivity index (χ4n) is 2.39. The van der Waals surface area contributed by atoms with Crippen LogP contribution in [0.3, 0.4) is 0 Å². The van der Waals surface area contributed by atoms with E-state index in [1.54, 1.807) is 24.3 Å². The van der Waals surface area contributed by atoms with E-state index in [4.69, 9.17) is 16.3 Å². The summed E-state index contributed by atoms with van der Waals surface area (Å²) in [5.74, 6) is -0.228. The zero-order valence-corrected chi connectivity index (χ0v) is 16.3. The van der Waals surface area contributed by atoms with Crippen LogP contribution in [-0.4, -0.2) is 36.9 Å². The van der Waals surface area contributed by atoms with Crippen LogP contribution in [0.1, 0.15) is 18.1 Å². The van der Waals surface area contributed by atoms with Crippen LogP contribution in [0.15, 0.2) is 48.5 Å². The van der Waals surface area contributed by atoms with Crippen molar-refractivity contribution in [1.82, 2.24) is 15.8 Å². The number of nitrogens with zero attached hydrogens (tertiary/aromatic N) is 1. The number of nitrogens with one attached hydrogen (secondary N) is 2. The predicted molar refractivity (Wildman–Crippen MR) is 105 cm³/mol. The van der Waals surface area contributed by atoms with Crippen molar-refractivity contribution in [3.63, 3.8) is 0 Å². The Hall–Kier alpha value is -2.57. The number of carbonyl (C=O) groups is 2. The number of carbonyl (C=O) groups excluding carboxylic acids is 2. The lowest BCUT2D eigenvalue weighted by Gasteiger charge is -2.17. The first-order valence-corrected chi connectivity index (χ1v) is 9.06. The lowest BCUT2D eigenvalue weighted by atomic mass is 10.1. The fourth-order valence-corrected chi connectivity index (χ4v) is 2.51. The summed E-state index contributed by atoms with van der Waals surface area (Å²) in [7, 11) is 1.85. The molecular weight excluding hydrogens is 366 g/mol. The number of benzene rings is 2. The van der Waals surface area contributed by atoms with Crippen molar-refractivity contribution in [2.75, 3.05) is 20.2 Å². The molecule has 7 heteroatoms. The minimum atomic E-state index is -0.448. The Kier molecular flexibility index (Phi) is 8.10. The van der Waals surface area contributed by atoms with Crippen molar-refractivity contribution in [3.8, 4) is 5.75 Å². The minimum Gasteiger partial charge on any atom is -0.484 e. The molecule has 2 aromatic carbocycles. The zero-order valence-electron chi connectivity index (χ0n) is 15.5. The summed E-state index contributed by atoms with van der Waals surface area (Å²) < 4.78 is 5.30. The third-order valence-corrected chi connectivity index (χ3v) is 4.07. The summed E-state index contributed by atoms with van der Waals surface area (Å²) in [6.07, 6.45) is 1.000. The largest absolute Gasteiger partial charge is 0.484 e. The molecule has 0 saturated heterocycles. The van der Waals surface area contributed by atoms with Gasteiger partial charge in [0, 0.05) is 11.6 Å². The van der Waals surface area contributed by atoms with Gasteiger partial charge in [0.25, 0.3) is 11.8 Å². The van der Waals surface area contributed by atoms with Gasteiger partial charge in [0.1, 0.15) is 5.75 Å². The molecule has 27 heavy (non-hydrogen) atoms. The van der Waals surface area contributed by atoms with Crippen molar-refractivity contribution >= 4 is 23.4 Å². The lowest BCUT2D eigenvalue weighted by molar-refractivity contribution is -0.130. The van der Waals surface area contributed by atoms with Gasteiger partial charge in [-0.25, -0.2) is 0 Å². The van der Waals surface area contributed by atoms with Gasteiger partial charge in [-0.2, -0.15) is 0 Å². The standard InChI is InChI=1S/C20H24ClN3O3/c1-3-15-4-6-16(7-5-15)12-24(2)13-19(25)22-23-20(26)14-27-18-10-8-17(21)9-11-18/h4-11H,3,12-14H2,1-2H3,(H,22,25)(H,23,26). The van der Waals surface area contributed by atoms with Crippen LogP contribution in [0.25, 0.3) is 0 Å². The maximum absolute atomic E-state index is 11.9. The second-order valence-corrected chi connectivity index (χ2v) is 6.62. The van der Waals surface area contributed by atoms with Gasteiger partial charge in [-0.15, -0.1) is 0 Å². The molecule has 0 saturated carbocycles. The molecule has 2 aromatic rings. The van der Waals surface area contributed by atoms with Gasteiger partial charge >= 0.3 is 0 Å². The van der Waals surface area contributed by atoms with E-state index in [0.717, 1.165) is 12.0 Å². The topological polar surface area (TPSA) is 70.7 Å². The number of amides is 2. The van der Waals surface area contributed by atoms with E-state index < -0.39 is 5.91 Å². The number of hydrogen-bond acceptors (Lipinski definition) is 4. The van der Waals surface area contributed by atoms with Crippen LogP contribution in [0.4, 0.5) is 0 Å². The van der Waals surface area contributed by atoms with Gasteiger partial charge in [0.05, 0.1) is 6.54 Å². The Morgan fingerprint density at radius 2 is 1.56 bits per heavy atom. The smallest absolute Gasteiger partial charge is 0.276 e. The van der Waals surface area contributed by atoms with Crippen LogP contribution >= 0.6 is 11.6 Å². The maximum atomic E-state index is 11.9. The van der Waals surface area contributed by atoms with Gasteiger partial charge in [-0.05, 0) is 48.9 Å². The van der Waals surface area contributed by atoms with Crippen molar-refractivity contribution in [2.24, 2.45) is 0 Å². The Morgan fingerprint density at radius 1 is 0.963 bits per heavy atom. The van der Waals surface area contributed by atoms with Gasteiger partial charge in [-0.1, -0.05) is 42.8 Å². The molecule has 0 aliphatic heterocycles. The first-order valence-electron chi connectivity index (χ1n) is 8.68. The highest BCUT2D eigenvalue weighted by atomic mass is 35.5. The Balaban J connectivity index is 1.66. The summed E-state index contributed by atoms with van der Waals surface area (Å²) in [5, 5.41) is 0.587. The molecule has 0 unspecified atom stereocenters. The van der Waals surface area contributed by atoms with Crippen LogP contribution in [0.5, 0.6) is 5.75 Å². The molecule has 2 N–H and O–H groups in total. The molecule has 0 heterocycles. The summed E-state index contributed by atoms with van der Waals surface area (Å²) in [6, 6.07) is 15.0. The second-order valence-electron chi connectivity index (χ2n) is 6.18. The summed E-state index contributed by atoms with van der Waals surface area (Å²) >= 11 is 5.78. The summed E-state index contributed by atoms with van der Waals surface area (Å²) in [4.78, 5) is 25.5. The molecule has 6 nitrogen and oxygen atoms in total. The third-order valence-electron chi connectivity index (χ3n) is 3.82. The summed E-state index contributed by atoms with van der Waals surface area (Å²) in [5.41, 5.74) is 7.12. The fraction of sp³-hybridized carbons (Fsp3) is 0.300. The Morgan fingerprint density at radius 3 is 2.19 bits per heavy atom. The van der Waals surface area contributed by atoms with E-state index in [1.807, 2.05) is 11.9 Å². The molecule has 0 radical (unpaired) electrons. The predicted octanol–water partition coefficient (Wildman–Crippen LogP) is 2.56. The van der Waals surface area contributed by atoms with Gasteiger partial charge in [-0.3, -0.25) is 25.3 Å². The molecule has 0 spiro atoms. The molecule has 2 amide bonds. The Labute approximate surface area is 164 Å². The quantitative estimate of drug-likeness (QED) is 0.681. The molecular formula is C20H24ClN3O3. The Bertz CT molecular complexity index is 748. The van der Waals surface area contributed by atoms with E-state index in [-0.39, 0.29) is 19.1 Å². The third kappa shape index (κ3) is 7.68. The molecule has 2 rings (SSSR count). The van der Waals surface area contributed by atoms with Crippen LogP contribution in [0, 0.1) is 0 Å². The van der Waals surface area contributed by atoms with Gasteiger partial charge in [0.15, 0.2) is 6.61 Å². The van der Waals surface area contributed by atoms with Crippen molar-refractivity contribution in [2.45, 2.75) is 19.9 Å². The molecule has 0 atom stereocenters. The van der Waals surface area contributed by atoms with Crippen molar-refractivity contribution < 1.29 is 14.3 Å². The first-order chi connectivity index (χ1) is 13.0.